The number of anilines is 1. The molecule has 0 spiro atoms. The second-order valence-corrected chi connectivity index (χ2v) is 4.63. The van der Waals surface area contributed by atoms with E-state index in [1.165, 1.54) is 0 Å². The largest absolute Gasteiger partial charge is 0.465 e. The van der Waals surface area contributed by atoms with Gasteiger partial charge in [0.15, 0.2) is 0 Å². The molecule has 8 heteroatoms. The van der Waals surface area contributed by atoms with Crippen LogP contribution >= 0.6 is 0 Å². The lowest BCUT2D eigenvalue weighted by Gasteiger charge is -2.06. The molecule has 0 aliphatic heterocycles. The molecule has 2 rings (SSSR count). The fourth-order valence-corrected chi connectivity index (χ4v) is 2.13. The Kier molecular flexibility index (Phi) is 4.27. The standard InChI is InChI=1S/C13H17N5O3/c14-11(19)8-3-4-10-9(7-8)17-12(15)18(10)6-2-1-5-16-13(20)21/h3-4,7,16H,1-2,5-6H2,(H2,14,19)(H2,15,17)(H,20,21). The van der Waals surface area contributed by atoms with Crippen molar-refractivity contribution in [1.82, 2.24) is 14.9 Å². The Hall–Kier alpha value is -2.77. The minimum Gasteiger partial charge on any atom is -0.465 e. The quantitative estimate of drug-likeness (QED) is 0.582. The molecule has 8 nitrogen and oxygen atoms in total. The van der Waals surface area contributed by atoms with E-state index in [0.29, 0.717) is 36.5 Å². The van der Waals surface area contributed by atoms with Gasteiger partial charge in [-0.25, -0.2) is 9.78 Å². The highest BCUT2D eigenvalue weighted by Gasteiger charge is 2.10. The number of hydrogen-bond acceptors (Lipinski definition) is 4. The van der Waals surface area contributed by atoms with Crippen LogP contribution in [-0.4, -0.2) is 33.2 Å². The molecule has 0 aliphatic carbocycles. The molecule has 0 radical (unpaired) electrons. The molecule has 6 N–H and O–H groups in total. The van der Waals surface area contributed by atoms with Gasteiger partial charge in [-0.2, -0.15) is 0 Å². The van der Waals surface area contributed by atoms with Gasteiger partial charge in [0.05, 0.1) is 11.0 Å². The highest BCUT2D eigenvalue weighted by atomic mass is 16.4. The maximum absolute atomic E-state index is 11.1. The predicted octanol–water partition coefficient (Wildman–Crippen LogP) is 0.765. The first-order chi connectivity index (χ1) is 9.99. The van der Waals surface area contributed by atoms with E-state index in [2.05, 4.69) is 10.3 Å². The molecule has 0 bridgehead atoms. The van der Waals surface area contributed by atoms with Crippen molar-refractivity contribution < 1.29 is 14.7 Å². The molecule has 1 aromatic carbocycles. The van der Waals surface area contributed by atoms with Crippen molar-refractivity contribution in [3.8, 4) is 0 Å². The number of carbonyl (C=O) groups excluding carboxylic acids is 1. The summed E-state index contributed by atoms with van der Waals surface area (Å²) in [7, 11) is 0. The molecular weight excluding hydrogens is 274 g/mol. The summed E-state index contributed by atoms with van der Waals surface area (Å²) in [5.74, 6) is -0.150. The second-order valence-electron chi connectivity index (χ2n) is 4.63. The van der Waals surface area contributed by atoms with E-state index in [1.807, 2.05) is 4.57 Å². The van der Waals surface area contributed by atoms with Crippen molar-refractivity contribution in [2.75, 3.05) is 12.3 Å². The summed E-state index contributed by atoms with van der Waals surface area (Å²) in [5.41, 5.74) is 12.9. The number of rotatable bonds is 6. The number of carboxylic acid groups (broad SMARTS) is 1. The molecule has 2 amide bonds. The summed E-state index contributed by atoms with van der Waals surface area (Å²) in [5, 5.41) is 10.8. The molecular formula is C13H17N5O3. The molecule has 0 fully saturated rings. The van der Waals surface area contributed by atoms with Gasteiger partial charge in [0, 0.05) is 18.7 Å². The smallest absolute Gasteiger partial charge is 0.404 e. The zero-order chi connectivity index (χ0) is 15.4. The third-order valence-electron chi connectivity index (χ3n) is 3.15. The number of nitrogens with two attached hydrogens (primary N) is 2. The average molecular weight is 291 g/mol. The Labute approximate surface area is 120 Å². The first kappa shape index (κ1) is 14.6. The predicted molar refractivity (Wildman–Crippen MR) is 77.9 cm³/mol. The highest BCUT2D eigenvalue weighted by molar-refractivity contribution is 5.96. The Morgan fingerprint density at radius 2 is 2.10 bits per heavy atom. The molecule has 0 saturated heterocycles. The van der Waals surface area contributed by atoms with Crippen molar-refractivity contribution in [1.29, 1.82) is 0 Å². The lowest BCUT2D eigenvalue weighted by molar-refractivity contribution is 0.100. The fourth-order valence-electron chi connectivity index (χ4n) is 2.13. The van der Waals surface area contributed by atoms with Gasteiger partial charge in [-0.3, -0.25) is 4.79 Å². The van der Waals surface area contributed by atoms with Gasteiger partial charge in [-0.15, -0.1) is 0 Å². The van der Waals surface area contributed by atoms with Crippen molar-refractivity contribution >= 4 is 29.0 Å². The summed E-state index contributed by atoms with van der Waals surface area (Å²) in [6.45, 7) is 1.02. The molecule has 0 atom stereocenters. The van der Waals surface area contributed by atoms with Crippen LogP contribution in [0.15, 0.2) is 18.2 Å². The average Bonchev–Trinajstić information content (AvgIpc) is 2.73. The summed E-state index contributed by atoms with van der Waals surface area (Å²) >= 11 is 0. The number of aromatic nitrogens is 2. The highest BCUT2D eigenvalue weighted by Crippen LogP contribution is 2.20. The van der Waals surface area contributed by atoms with Gasteiger partial charge in [0.1, 0.15) is 0 Å². The number of benzene rings is 1. The molecule has 21 heavy (non-hydrogen) atoms. The number of nitrogens with one attached hydrogen (secondary N) is 1. The normalized spacial score (nSPS) is 10.7. The number of imidazole rings is 1. The zero-order valence-corrected chi connectivity index (χ0v) is 11.4. The third-order valence-corrected chi connectivity index (χ3v) is 3.15. The number of fused-ring (bicyclic) bond motifs is 1. The second kappa shape index (κ2) is 6.12. The van der Waals surface area contributed by atoms with Gasteiger partial charge in [-0.05, 0) is 31.0 Å². The van der Waals surface area contributed by atoms with Gasteiger partial charge in [-0.1, -0.05) is 0 Å². The lowest BCUT2D eigenvalue weighted by atomic mass is 10.2. The van der Waals surface area contributed by atoms with Crippen molar-refractivity contribution in [2.45, 2.75) is 19.4 Å². The van der Waals surface area contributed by atoms with Crippen LogP contribution in [0.5, 0.6) is 0 Å². The molecule has 112 valence electrons. The van der Waals surface area contributed by atoms with Crippen LogP contribution in [0.1, 0.15) is 23.2 Å². The van der Waals surface area contributed by atoms with Crippen LogP contribution in [0, 0.1) is 0 Å². The number of nitrogens with zero attached hydrogens (tertiary/aromatic N) is 2. The van der Waals surface area contributed by atoms with Crippen LogP contribution < -0.4 is 16.8 Å². The molecule has 1 heterocycles. The Morgan fingerprint density at radius 3 is 2.76 bits per heavy atom. The number of primary amides is 1. The lowest BCUT2D eigenvalue weighted by Crippen LogP contribution is -2.22. The van der Waals surface area contributed by atoms with Crippen LogP contribution in [0.4, 0.5) is 10.7 Å². The maximum Gasteiger partial charge on any atom is 0.404 e. The Balaban J connectivity index is 2.07. The zero-order valence-electron chi connectivity index (χ0n) is 11.4. The van der Waals surface area contributed by atoms with Crippen molar-refractivity contribution in [3.05, 3.63) is 23.8 Å². The first-order valence-electron chi connectivity index (χ1n) is 6.51. The van der Waals surface area contributed by atoms with E-state index < -0.39 is 12.0 Å². The van der Waals surface area contributed by atoms with Crippen LogP contribution in [0.2, 0.25) is 0 Å². The number of nitrogen functional groups attached to an aromatic ring is 1. The van der Waals surface area contributed by atoms with Crippen LogP contribution in [0.3, 0.4) is 0 Å². The Bertz CT molecular complexity index is 680. The van der Waals surface area contributed by atoms with E-state index >= 15 is 0 Å². The fraction of sp³-hybridized carbons (Fsp3) is 0.308. The van der Waals surface area contributed by atoms with Gasteiger partial charge >= 0.3 is 6.09 Å². The summed E-state index contributed by atoms with van der Waals surface area (Å²) in [4.78, 5) is 25.7. The van der Waals surface area contributed by atoms with E-state index in [9.17, 15) is 9.59 Å². The number of unbranched alkanes of at least 4 members (excludes halogenated alkanes) is 1. The van der Waals surface area contributed by atoms with Crippen LogP contribution in [-0.2, 0) is 6.54 Å². The summed E-state index contributed by atoms with van der Waals surface area (Å²) in [6, 6.07) is 5.00. The summed E-state index contributed by atoms with van der Waals surface area (Å²) in [6.07, 6.45) is 0.430. The minimum absolute atomic E-state index is 0.359. The van der Waals surface area contributed by atoms with E-state index in [-0.39, 0.29) is 0 Å². The number of aryl methyl sites for hydroxylation is 1. The molecule has 0 saturated carbocycles. The van der Waals surface area contributed by atoms with Gasteiger partial charge in [0.2, 0.25) is 11.9 Å². The first-order valence-corrected chi connectivity index (χ1v) is 6.51. The van der Waals surface area contributed by atoms with Crippen molar-refractivity contribution in [3.63, 3.8) is 0 Å². The minimum atomic E-state index is -1.03. The Morgan fingerprint density at radius 1 is 1.33 bits per heavy atom. The number of hydrogen-bond donors (Lipinski definition) is 4. The number of carbonyl (C=O) groups is 2. The van der Waals surface area contributed by atoms with Gasteiger partial charge in [0.25, 0.3) is 0 Å². The molecule has 1 aromatic heterocycles. The van der Waals surface area contributed by atoms with Crippen LogP contribution in [0.25, 0.3) is 11.0 Å². The monoisotopic (exact) mass is 291 g/mol. The number of amides is 2. The van der Waals surface area contributed by atoms with E-state index in [0.717, 1.165) is 11.9 Å². The van der Waals surface area contributed by atoms with Gasteiger partial charge < -0.3 is 26.5 Å². The third kappa shape index (κ3) is 3.41. The van der Waals surface area contributed by atoms with Crippen molar-refractivity contribution in [2.24, 2.45) is 5.73 Å². The summed E-state index contributed by atoms with van der Waals surface area (Å²) < 4.78 is 1.83. The SMILES string of the molecule is NC(=O)c1ccc2c(c1)nc(N)n2CCCCNC(=O)O. The maximum atomic E-state index is 11.1. The topological polar surface area (TPSA) is 136 Å². The molecule has 0 unspecified atom stereocenters. The van der Waals surface area contributed by atoms with E-state index in [1.54, 1.807) is 18.2 Å². The molecule has 0 aliphatic rings. The molecule has 2 aromatic rings. The van der Waals surface area contributed by atoms with E-state index in [4.69, 9.17) is 16.6 Å².